The van der Waals surface area contributed by atoms with E-state index >= 15 is 0 Å². The maximum atomic E-state index is 13.3. The van der Waals surface area contributed by atoms with Crippen LogP contribution in [0, 0.1) is 5.82 Å². The normalized spacial score (nSPS) is 12.1. The predicted molar refractivity (Wildman–Crippen MR) is 60.8 cm³/mol. The molecule has 0 heterocycles. The highest BCUT2D eigenvalue weighted by Crippen LogP contribution is 2.19. The minimum absolute atomic E-state index is 0.0551. The number of hydrogen-bond acceptors (Lipinski definition) is 3. The van der Waals surface area contributed by atoms with Crippen molar-refractivity contribution in [2.45, 2.75) is 0 Å². The number of benzene rings is 1. The zero-order chi connectivity index (χ0) is 12.1. The molecule has 2 N–H and O–H groups in total. The van der Waals surface area contributed by atoms with Gasteiger partial charge in [0.15, 0.2) is 0 Å². The summed E-state index contributed by atoms with van der Waals surface area (Å²) in [7, 11) is -0.996. The number of aromatic carboxylic acids is 1. The lowest BCUT2D eigenvalue weighted by Gasteiger charge is -2.09. The van der Waals surface area contributed by atoms with Crippen molar-refractivity contribution >= 4 is 22.5 Å². The molecule has 1 unspecified atom stereocenters. The Morgan fingerprint density at radius 1 is 1.56 bits per heavy atom. The van der Waals surface area contributed by atoms with Crippen LogP contribution in [0.25, 0.3) is 0 Å². The smallest absolute Gasteiger partial charge is 0.337 e. The first-order chi connectivity index (χ1) is 7.52. The molecule has 0 aliphatic carbocycles. The van der Waals surface area contributed by atoms with Crippen LogP contribution in [0.2, 0.25) is 0 Å². The van der Waals surface area contributed by atoms with Gasteiger partial charge in [0.05, 0.1) is 11.3 Å². The molecule has 1 atom stereocenters. The van der Waals surface area contributed by atoms with Gasteiger partial charge in [0.2, 0.25) is 0 Å². The van der Waals surface area contributed by atoms with Crippen molar-refractivity contribution in [2.24, 2.45) is 0 Å². The van der Waals surface area contributed by atoms with Crippen LogP contribution in [0.15, 0.2) is 18.2 Å². The predicted octanol–water partition coefficient (Wildman–Crippen LogP) is 1.31. The van der Waals surface area contributed by atoms with Gasteiger partial charge in [0, 0.05) is 29.4 Å². The lowest BCUT2D eigenvalue weighted by Crippen LogP contribution is -2.14. The van der Waals surface area contributed by atoms with Crippen LogP contribution in [0.1, 0.15) is 10.4 Å². The fourth-order valence-electron chi connectivity index (χ4n) is 1.20. The number of anilines is 1. The standard InChI is InChI=1S/C10H12FNO3S/c1-16(15)6-5-12-9-7(10(13)14)3-2-4-8(9)11/h2-4,12H,5-6H2,1H3,(H,13,14). The van der Waals surface area contributed by atoms with Crippen molar-refractivity contribution in [3.63, 3.8) is 0 Å². The third-order valence-corrected chi connectivity index (χ3v) is 2.71. The average molecular weight is 245 g/mol. The Hall–Kier alpha value is -1.43. The molecule has 0 aliphatic heterocycles. The summed E-state index contributed by atoms with van der Waals surface area (Å²) >= 11 is 0. The van der Waals surface area contributed by atoms with E-state index in [0.29, 0.717) is 5.75 Å². The Labute approximate surface area is 94.9 Å². The minimum Gasteiger partial charge on any atom is -0.478 e. The molecule has 1 rings (SSSR count). The van der Waals surface area contributed by atoms with Gasteiger partial charge in [0.25, 0.3) is 0 Å². The van der Waals surface area contributed by atoms with Gasteiger partial charge in [0.1, 0.15) is 5.82 Å². The zero-order valence-corrected chi connectivity index (χ0v) is 9.51. The molecular weight excluding hydrogens is 233 g/mol. The summed E-state index contributed by atoms with van der Waals surface area (Å²) in [5, 5.41) is 11.5. The zero-order valence-electron chi connectivity index (χ0n) is 8.70. The Kier molecular flexibility index (Phi) is 4.42. The molecular formula is C10H12FNO3S. The molecule has 0 fully saturated rings. The van der Waals surface area contributed by atoms with Gasteiger partial charge in [-0.3, -0.25) is 4.21 Å². The molecule has 0 spiro atoms. The molecule has 4 nitrogen and oxygen atoms in total. The third kappa shape index (κ3) is 3.30. The van der Waals surface area contributed by atoms with Crippen LogP contribution in [-0.4, -0.2) is 33.8 Å². The van der Waals surface area contributed by atoms with Crippen LogP contribution in [0.5, 0.6) is 0 Å². The first-order valence-electron chi connectivity index (χ1n) is 4.58. The summed E-state index contributed by atoms with van der Waals surface area (Å²) in [6.07, 6.45) is 1.53. The monoisotopic (exact) mass is 245 g/mol. The number of hydrogen-bond donors (Lipinski definition) is 2. The van der Waals surface area contributed by atoms with Gasteiger partial charge < -0.3 is 10.4 Å². The molecule has 6 heteroatoms. The molecule has 16 heavy (non-hydrogen) atoms. The average Bonchev–Trinajstić information content (AvgIpc) is 2.19. The summed E-state index contributed by atoms with van der Waals surface area (Å²) in [6, 6.07) is 3.83. The van der Waals surface area contributed by atoms with E-state index < -0.39 is 22.6 Å². The van der Waals surface area contributed by atoms with Crippen LogP contribution in [-0.2, 0) is 10.8 Å². The van der Waals surface area contributed by atoms with E-state index in [-0.39, 0.29) is 17.8 Å². The summed E-state index contributed by atoms with van der Waals surface area (Å²) in [6.45, 7) is 0.268. The van der Waals surface area contributed by atoms with Crippen LogP contribution < -0.4 is 5.32 Å². The van der Waals surface area contributed by atoms with E-state index in [4.69, 9.17) is 5.11 Å². The van der Waals surface area contributed by atoms with Crippen molar-refractivity contribution < 1.29 is 18.5 Å². The van der Waals surface area contributed by atoms with Crippen molar-refractivity contribution in [2.75, 3.05) is 23.9 Å². The number of para-hydroxylation sites is 1. The Morgan fingerprint density at radius 3 is 2.81 bits per heavy atom. The number of carboxylic acids is 1. The van der Waals surface area contributed by atoms with Crippen LogP contribution in [0.3, 0.4) is 0 Å². The van der Waals surface area contributed by atoms with Gasteiger partial charge in [-0.2, -0.15) is 0 Å². The second-order valence-corrected chi connectivity index (χ2v) is 4.73. The van der Waals surface area contributed by atoms with Crippen molar-refractivity contribution in [3.05, 3.63) is 29.6 Å². The van der Waals surface area contributed by atoms with Crippen molar-refractivity contribution in [1.29, 1.82) is 0 Å². The first kappa shape index (κ1) is 12.6. The van der Waals surface area contributed by atoms with E-state index in [1.54, 1.807) is 0 Å². The highest BCUT2D eigenvalue weighted by Gasteiger charge is 2.13. The maximum absolute atomic E-state index is 13.3. The van der Waals surface area contributed by atoms with Gasteiger partial charge >= 0.3 is 5.97 Å². The van der Waals surface area contributed by atoms with Gasteiger partial charge in [-0.25, -0.2) is 9.18 Å². The quantitative estimate of drug-likeness (QED) is 0.821. The van der Waals surface area contributed by atoms with E-state index in [2.05, 4.69) is 5.32 Å². The number of carboxylic acid groups (broad SMARTS) is 1. The highest BCUT2D eigenvalue weighted by molar-refractivity contribution is 7.84. The third-order valence-electron chi connectivity index (χ3n) is 1.94. The Balaban J connectivity index is 2.84. The number of halogens is 1. The molecule has 0 aliphatic rings. The minimum atomic E-state index is -1.19. The Bertz CT molecular complexity index is 423. The van der Waals surface area contributed by atoms with Gasteiger partial charge in [-0.1, -0.05) is 6.07 Å². The molecule has 0 aromatic heterocycles. The van der Waals surface area contributed by atoms with Gasteiger partial charge in [-0.15, -0.1) is 0 Å². The van der Waals surface area contributed by atoms with Crippen molar-refractivity contribution in [3.8, 4) is 0 Å². The number of rotatable bonds is 5. The molecule has 88 valence electrons. The van der Waals surface area contributed by atoms with E-state index in [0.717, 1.165) is 0 Å². The molecule has 0 saturated carbocycles. The summed E-state index contributed by atoms with van der Waals surface area (Å²) in [5.74, 6) is -1.48. The maximum Gasteiger partial charge on any atom is 0.337 e. The lowest BCUT2D eigenvalue weighted by molar-refractivity contribution is 0.0697. The topological polar surface area (TPSA) is 66.4 Å². The second-order valence-electron chi connectivity index (χ2n) is 3.17. The summed E-state index contributed by atoms with van der Waals surface area (Å²) < 4.78 is 24.1. The van der Waals surface area contributed by atoms with Crippen LogP contribution >= 0.6 is 0 Å². The molecule has 0 saturated heterocycles. The summed E-state index contributed by atoms with van der Waals surface area (Å²) in [5.41, 5.74) is -0.178. The largest absolute Gasteiger partial charge is 0.478 e. The molecule has 0 amide bonds. The second kappa shape index (κ2) is 5.60. The van der Waals surface area contributed by atoms with E-state index in [9.17, 15) is 13.4 Å². The lowest BCUT2D eigenvalue weighted by atomic mass is 10.1. The highest BCUT2D eigenvalue weighted by atomic mass is 32.2. The molecule has 1 aromatic rings. The molecule has 0 radical (unpaired) electrons. The fourth-order valence-corrected chi connectivity index (χ4v) is 1.59. The van der Waals surface area contributed by atoms with Crippen molar-refractivity contribution in [1.82, 2.24) is 0 Å². The number of carbonyl (C=O) groups is 1. The van der Waals surface area contributed by atoms with Gasteiger partial charge in [-0.05, 0) is 12.1 Å². The Morgan fingerprint density at radius 2 is 2.25 bits per heavy atom. The van der Waals surface area contributed by atoms with E-state index in [1.807, 2.05) is 0 Å². The summed E-state index contributed by atoms with van der Waals surface area (Å²) in [4.78, 5) is 10.8. The molecule has 1 aromatic carbocycles. The number of nitrogens with one attached hydrogen (secondary N) is 1. The SMILES string of the molecule is CS(=O)CCNc1c(F)cccc1C(=O)O. The molecule has 0 bridgehead atoms. The van der Waals surface area contributed by atoms with E-state index in [1.165, 1.54) is 24.5 Å². The van der Waals surface area contributed by atoms with Crippen LogP contribution in [0.4, 0.5) is 10.1 Å². The fraction of sp³-hybridized carbons (Fsp3) is 0.300. The first-order valence-corrected chi connectivity index (χ1v) is 6.31.